The van der Waals surface area contributed by atoms with Crippen LogP contribution in [0.2, 0.25) is 0 Å². The van der Waals surface area contributed by atoms with Gasteiger partial charge in [-0.1, -0.05) is 0 Å². The van der Waals surface area contributed by atoms with Crippen molar-refractivity contribution in [1.82, 2.24) is 20.0 Å². The number of likely N-dealkylation sites (N-methyl/N-ethyl adjacent to an activating group) is 1. The molecule has 1 atom stereocenters. The van der Waals surface area contributed by atoms with E-state index in [1.807, 2.05) is 30.7 Å². The van der Waals surface area contributed by atoms with Crippen LogP contribution in [0.25, 0.3) is 0 Å². The van der Waals surface area contributed by atoms with E-state index >= 15 is 0 Å². The van der Waals surface area contributed by atoms with Crippen molar-refractivity contribution in [3.63, 3.8) is 0 Å². The molecule has 22 heavy (non-hydrogen) atoms. The van der Waals surface area contributed by atoms with E-state index in [1.54, 1.807) is 0 Å². The van der Waals surface area contributed by atoms with Crippen molar-refractivity contribution in [1.29, 1.82) is 0 Å². The Balaban J connectivity index is 2.10. The highest BCUT2D eigenvalue weighted by Gasteiger charge is 2.31. The highest BCUT2D eigenvalue weighted by molar-refractivity contribution is 5.79. The normalized spacial score (nSPS) is 18.5. The van der Waals surface area contributed by atoms with Crippen molar-refractivity contribution in [2.24, 2.45) is 0 Å². The summed E-state index contributed by atoms with van der Waals surface area (Å²) in [6, 6.07) is -0.0685. The third kappa shape index (κ3) is 3.67. The Bertz CT molecular complexity index is 541. The first-order valence-corrected chi connectivity index (χ1v) is 7.55. The molecular weight excluding hydrogens is 280 g/mol. The molecule has 0 spiro atoms. The van der Waals surface area contributed by atoms with Gasteiger partial charge in [0, 0.05) is 30.8 Å². The van der Waals surface area contributed by atoms with Crippen LogP contribution in [0.5, 0.6) is 0 Å². The maximum Gasteiger partial charge on any atom is 0.237 e. The lowest BCUT2D eigenvalue weighted by Gasteiger charge is -2.36. The fraction of sp³-hybridized carbons (Fsp3) is 0.625. The molecular formula is C16H24N4O2. The van der Waals surface area contributed by atoms with Crippen LogP contribution < -0.4 is 0 Å². The number of nitrogens with one attached hydrogen (secondary N) is 1. The van der Waals surface area contributed by atoms with Crippen molar-refractivity contribution in [2.75, 3.05) is 39.9 Å². The van der Waals surface area contributed by atoms with Gasteiger partial charge >= 0.3 is 0 Å². The molecule has 0 saturated carbocycles. The molecule has 0 radical (unpaired) electrons. The Morgan fingerprint density at radius 2 is 2.36 bits per heavy atom. The number of rotatable bonds is 5. The number of morpholine rings is 1. The molecule has 0 aromatic carbocycles. The van der Waals surface area contributed by atoms with Crippen molar-refractivity contribution in [3.8, 4) is 12.3 Å². The lowest BCUT2D eigenvalue weighted by molar-refractivity contribution is -0.141. The number of aromatic amines is 1. The molecule has 1 N–H and O–H groups in total. The zero-order valence-electron chi connectivity index (χ0n) is 13.6. The summed E-state index contributed by atoms with van der Waals surface area (Å²) in [5.74, 6) is 2.70. The van der Waals surface area contributed by atoms with E-state index in [9.17, 15) is 4.79 Å². The number of hydrogen-bond acceptors (Lipinski definition) is 4. The zero-order chi connectivity index (χ0) is 16.1. The van der Waals surface area contributed by atoms with Crippen LogP contribution in [-0.4, -0.2) is 65.8 Å². The molecule has 1 aromatic rings. The molecule has 1 aliphatic heterocycles. The maximum atomic E-state index is 12.6. The summed E-state index contributed by atoms with van der Waals surface area (Å²) in [6.45, 7) is 6.72. The minimum absolute atomic E-state index is 0.0685. The largest absolute Gasteiger partial charge is 0.377 e. The van der Waals surface area contributed by atoms with Crippen LogP contribution in [0.3, 0.4) is 0 Å². The summed E-state index contributed by atoms with van der Waals surface area (Å²) in [5, 5.41) is 7.22. The van der Waals surface area contributed by atoms with Gasteiger partial charge in [-0.05, 0) is 20.9 Å². The second-order valence-corrected chi connectivity index (χ2v) is 5.72. The SMILES string of the molecule is C#CCCN(C)CC(=O)N1CCOCC1c1c(C)n[nH]c1C. The van der Waals surface area contributed by atoms with E-state index in [4.69, 9.17) is 11.2 Å². The Morgan fingerprint density at radius 1 is 1.59 bits per heavy atom. The van der Waals surface area contributed by atoms with Crippen LogP contribution >= 0.6 is 0 Å². The number of H-pyrrole nitrogens is 1. The fourth-order valence-corrected chi connectivity index (χ4v) is 2.85. The van der Waals surface area contributed by atoms with E-state index in [0.717, 1.165) is 23.5 Å². The number of hydrogen-bond donors (Lipinski definition) is 1. The standard InChI is InChI=1S/C16H24N4O2/c1-5-6-7-19(4)10-15(21)20-8-9-22-11-14(20)16-12(2)17-18-13(16)3/h1,14H,6-11H2,2-4H3,(H,17,18). The number of carbonyl (C=O) groups is 1. The summed E-state index contributed by atoms with van der Waals surface area (Å²) in [4.78, 5) is 16.5. The second-order valence-electron chi connectivity index (χ2n) is 5.72. The Morgan fingerprint density at radius 3 is 3.00 bits per heavy atom. The number of nitrogens with zero attached hydrogens (tertiary/aromatic N) is 3. The molecule has 1 saturated heterocycles. The van der Waals surface area contributed by atoms with Gasteiger partial charge in [0.1, 0.15) is 0 Å². The van der Waals surface area contributed by atoms with Crippen LogP contribution in [-0.2, 0) is 9.53 Å². The molecule has 2 rings (SSSR count). The molecule has 1 amide bonds. The fourth-order valence-electron chi connectivity index (χ4n) is 2.85. The topological polar surface area (TPSA) is 61.5 Å². The van der Waals surface area contributed by atoms with Crippen molar-refractivity contribution in [3.05, 3.63) is 17.0 Å². The molecule has 6 nitrogen and oxygen atoms in total. The molecule has 1 aromatic heterocycles. The molecule has 0 aliphatic carbocycles. The van der Waals surface area contributed by atoms with Gasteiger partial charge in [0.25, 0.3) is 0 Å². The maximum absolute atomic E-state index is 12.6. The van der Waals surface area contributed by atoms with Gasteiger partial charge in [0.2, 0.25) is 5.91 Å². The number of terminal acetylenes is 1. The van der Waals surface area contributed by atoms with E-state index in [2.05, 4.69) is 16.1 Å². The smallest absolute Gasteiger partial charge is 0.237 e. The molecule has 2 heterocycles. The quantitative estimate of drug-likeness (QED) is 0.821. The highest BCUT2D eigenvalue weighted by Crippen LogP contribution is 2.28. The number of aryl methyl sites for hydroxylation is 2. The minimum atomic E-state index is -0.0685. The van der Waals surface area contributed by atoms with E-state index in [-0.39, 0.29) is 11.9 Å². The summed E-state index contributed by atoms with van der Waals surface area (Å²) in [6.07, 6.45) is 5.92. The second kappa shape index (κ2) is 7.43. The third-order valence-corrected chi connectivity index (χ3v) is 4.01. The first-order valence-electron chi connectivity index (χ1n) is 7.55. The van der Waals surface area contributed by atoms with E-state index in [1.165, 1.54) is 0 Å². The van der Waals surface area contributed by atoms with Crippen molar-refractivity contribution < 1.29 is 9.53 Å². The first-order chi connectivity index (χ1) is 10.5. The van der Waals surface area contributed by atoms with Crippen LogP contribution in [0.4, 0.5) is 0 Å². The van der Waals surface area contributed by atoms with Crippen LogP contribution in [0.1, 0.15) is 29.4 Å². The van der Waals surface area contributed by atoms with E-state index in [0.29, 0.717) is 32.7 Å². The van der Waals surface area contributed by atoms with Gasteiger partial charge in [-0.2, -0.15) is 5.10 Å². The Hall–Kier alpha value is -1.84. The summed E-state index contributed by atoms with van der Waals surface area (Å²) < 4.78 is 5.59. The van der Waals surface area contributed by atoms with Gasteiger partial charge in [-0.15, -0.1) is 12.3 Å². The number of aromatic nitrogens is 2. The van der Waals surface area contributed by atoms with E-state index < -0.39 is 0 Å². The molecule has 1 unspecified atom stereocenters. The van der Waals surface area contributed by atoms with Crippen molar-refractivity contribution in [2.45, 2.75) is 26.3 Å². The summed E-state index contributed by atoms with van der Waals surface area (Å²) in [5.41, 5.74) is 2.98. The average molecular weight is 304 g/mol. The van der Waals surface area contributed by atoms with Gasteiger partial charge in [-0.25, -0.2) is 0 Å². The Labute approximate surface area is 131 Å². The number of ether oxygens (including phenoxy) is 1. The minimum Gasteiger partial charge on any atom is -0.377 e. The lowest BCUT2D eigenvalue weighted by Crippen LogP contribution is -2.47. The van der Waals surface area contributed by atoms with Crippen LogP contribution in [0, 0.1) is 26.2 Å². The first kappa shape index (κ1) is 16.5. The highest BCUT2D eigenvalue weighted by atomic mass is 16.5. The predicted molar refractivity (Wildman–Crippen MR) is 84.3 cm³/mol. The summed E-state index contributed by atoms with van der Waals surface area (Å²) >= 11 is 0. The average Bonchev–Trinajstić information content (AvgIpc) is 2.84. The zero-order valence-corrected chi connectivity index (χ0v) is 13.6. The van der Waals surface area contributed by atoms with Gasteiger partial charge < -0.3 is 9.64 Å². The monoisotopic (exact) mass is 304 g/mol. The summed E-state index contributed by atoms with van der Waals surface area (Å²) in [7, 11) is 1.92. The van der Waals surface area contributed by atoms with Crippen molar-refractivity contribution >= 4 is 5.91 Å². The predicted octanol–water partition coefficient (Wildman–Crippen LogP) is 0.882. The Kier molecular flexibility index (Phi) is 5.58. The van der Waals surface area contributed by atoms with Gasteiger partial charge in [-0.3, -0.25) is 14.8 Å². The molecule has 120 valence electrons. The number of amides is 1. The third-order valence-electron chi connectivity index (χ3n) is 4.01. The van der Waals surface area contributed by atoms with Gasteiger partial charge in [0.05, 0.1) is 31.5 Å². The molecule has 0 bridgehead atoms. The van der Waals surface area contributed by atoms with Gasteiger partial charge in [0.15, 0.2) is 0 Å². The molecule has 1 aliphatic rings. The van der Waals surface area contributed by atoms with Crippen LogP contribution in [0.15, 0.2) is 0 Å². The molecule has 1 fully saturated rings. The lowest BCUT2D eigenvalue weighted by atomic mass is 10.0. The molecule has 6 heteroatoms. The number of carbonyl (C=O) groups excluding carboxylic acids is 1.